The number of carboxylic acids is 1. The van der Waals surface area contributed by atoms with Gasteiger partial charge in [-0.2, -0.15) is 13.2 Å². The third-order valence-corrected chi connectivity index (χ3v) is 5.66. The number of imidazole rings is 1. The number of fused-ring (bicyclic) bond motifs is 2. The number of amides is 2. The molecule has 4 heterocycles. The van der Waals surface area contributed by atoms with Crippen LogP contribution in [0.25, 0.3) is 0 Å². The van der Waals surface area contributed by atoms with E-state index in [9.17, 15) is 22.8 Å². The molecule has 0 radical (unpaired) electrons. The van der Waals surface area contributed by atoms with E-state index < -0.39 is 23.9 Å². The molecule has 2 amide bonds. The number of nitrogens with zero attached hydrogens (tertiary/aromatic N) is 3. The molecule has 2 aromatic rings. The maximum atomic E-state index is 12.6. The molecule has 35 heavy (non-hydrogen) atoms. The Morgan fingerprint density at radius 1 is 1.29 bits per heavy atom. The molecule has 13 heteroatoms. The molecule has 2 N–H and O–H groups in total. The summed E-state index contributed by atoms with van der Waals surface area (Å²) in [6.45, 7) is 6.23. The van der Waals surface area contributed by atoms with Gasteiger partial charge in [0.1, 0.15) is 11.4 Å². The molecule has 1 atom stereocenters. The zero-order valence-corrected chi connectivity index (χ0v) is 19.2. The van der Waals surface area contributed by atoms with Crippen molar-refractivity contribution in [3.05, 3.63) is 42.4 Å². The fraction of sp³-hybridized carbons (Fsp3) is 0.545. The van der Waals surface area contributed by atoms with Crippen molar-refractivity contribution in [2.75, 3.05) is 19.6 Å². The minimum atomic E-state index is -5.08. The number of aromatic nitrogens is 2. The van der Waals surface area contributed by atoms with Crippen LogP contribution in [0.4, 0.5) is 13.2 Å². The van der Waals surface area contributed by atoms with Crippen LogP contribution in [-0.2, 0) is 26.5 Å². The Kier molecular flexibility index (Phi) is 7.88. The van der Waals surface area contributed by atoms with E-state index in [2.05, 4.69) is 24.1 Å². The fourth-order valence-electron chi connectivity index (χ4n) is 3.92. The molecule has 2 aliphatic heterocycles. The van der Waals surface area contributed by atoms with Crippen molar-refractivity contribution >= 4 is 17.8 Å². The third-order valence-electron chi connectivity index (χ3n) is 5.66. The van der Waals surface area contributed by atoms with E-state index in [0.717, 1.165) is 5.82 Å². The molecule has 2 aromatic heterocycles. The summed E-state index contributed by atoms with van der Waals surface area (Å²) in [5.41, 5.74) is -0.651. The van der Waals surface area contributed by atoms with Crippen molar-refractivity contribution in [1.82, 2.24) is 19.8 Å². The van der Waals surface area contributed by atoms with Crippen molar-refractivity contribution < 1.29 is 41.8 Å². The summed E-state index contributed by atoms with van der Waals surface area (Å²) < 4.78 is 45.3. The van der Waals surface area contributed by atoms with Crippen molar-refractivity contribution in [3.8, 4) is 0 Å². The number of likely N-dealkylation sites (tertiary alicyclic amines) is 1. The van der Waals surface area contributed by atoms with E-state index in [-0.39, 0.29) is 11.8 Å². The second-order valence-electron chi connectivity index (χ2n) is 8.72. The monoisotopic (exact) mass is 500 g/mol. The van der Waals surface area contributed by atoms with Crippen LogP contribution in [0.3, 0.4) is 0 Å². The van der Waals surface area contributed by atoms with Gasteiger partial charge in [-0.15, -0.1) is 0 Å². The van der Waals surface area contributed by atoms with Gasteiger partial charge in [0.2, 0.25) is 0 Å². The second-order valence-corrected chi connectivity index (χ2v) is 8.72. The number of hydrogen-bond acceptors (Lipinski definition) is 6. The number of rotatable bonds is 4. The number of alkyl halides is 3. The first kappa shape index (κ1) is 26.3. The average Bonchev–Trinajstić information content (AvgIpc) is 3.50. The Morgan fingerprint density at radius 3 is 2.49 bits per heavy atom. The SMILES string of the molecule is CC(C)CNC(=O)C1Cn2ccnc2C2(CCN(C(=O)c3ccco3)CC2)O1.O=C(O)C(F)(F)F. The summed E-state index contributed by atoms with van der Waals surface area (Å²) in [5.74, 6) is -1.42. The lowest BCUT2D eigenvalue weighted by Crippen LogP contribution is -2.55. The first-order chi connectivity index (χ1) is 16.4. The first-order valence-electron chi connectivity index (χ1n) is 11.0. The molecule has 2 aliphatic rings. The highest BCUT2D eigenvalue weighted by Gasteiger charge is 2.47. The van der Waals surface area contributed by atoms with Gasteiger partial charge in [0.05, 0.1) is 12.8 Å². The van der Waals surface area contributed by atoms with Crippen LogP contribution in [0.2, 0.25) is 0 Å². The highest BCUT2D eigenvalue weighted by Crippen LogP contribution is 2.40. The molecule has 1 unspecified atom stereocenters. The van der Waals surface area contributed by atoms with Crippen LogP contribution >= 0.6 is 0 Å². The van der Waals surface area contributed by atoms with E-state index in [1.807, 2.05) is 10.8 Å². The number of aliphatic carboxylic acids is 1. The Morgan fingerprint density at radius 2 is 1.94 bits per heavy atom. The molecule has 4 rings (SSSR count). The first-order valence-corrected chi connectivity index (χ1v) is 11.0. The van der Waals surface area contributed by atoms with Crippen LogP contribution in [0.1, 0.15) is 43.1 Å². The fourth-order valence-corrected chi connectivity index (χ4v) is 3.92. The van der Waals surface area contributed by atoms with Gasteiger partial charge >= 0.3 is 12.1 Å². The summed E-state index contributed by atoms with van der Waals surface area (Å²) in [5, 5.41) is 10.1. The van der Waals surface area contributed by atoms with Crippen molar-refractivity contribution in [1.29, 1.82) is 0 Å². The Bertz CT molecular complexity index is 1030. The number of hydrogen-bond donors (Lipinski definition) is 2. The Labute approximate surface area is 199 Å². The van der Waals surface area contributed by atoms with Crippen molar-refractivity contribution in [2.45, 2.75) is 51.1 Å². The lowest BCUT2D eigenvalue weighted by Gasteiger charge is -2.45. The zero-order chi connectivity index (χ0) is 25.8. The van der Waals surface area contributed by atoms with Crippen LogP contribution in [0, 0.1) is 5.92 Å². The van der Waals surface area contributed by atoms with Crippen molar-refractivity contribution in [2.24, 2.45) is 5.92 Å². The second kappa shape index (κ2) is 10.5. The van der Waals surface area contributed by atoms with Crippen LogP contribution in [-0.4, -0.2) is 69.3 Å². The number of carboxylic acid groups (broad SMARTS) is 1. The summed E-state index contributed by atoms with van der Waals surface area (Å²) in [4.78, 5) is 40.4. The van der Waals surface area contributed by atoms with Crippen LogP contribution in [0.15, 0.2) is 35.2 Å². The van der Waals surface area contributed by atoms with Gasteiger partial charge in [-0.05, 0) is 18.1 Å². The number of ether oxygens (including phenoxy) is 1. The molecule has 0 aromatic carbocycles. The largest absolute Gasteiger partial charge is 0.490 e. The predicted molar refractivity (Wildman–Crippen MR) is 114 cm³/mol. The summed E-state index contributed by atoms with van der Waals surface area (Å²) >= 11 is 0. The highest BCUT2D eigenvalue weighted by atomic mass is 19.4. The van der Waals surface area contributed by atoms with Gasteiger partial charge in [-0.1, -0.05) is 13.8 Å². The van der Waals surface area contributed by atoms with Gasteiger partial charge in [-0.25, -0.2) is 9.78 Å². The lowest BCUT2D eigenvalue weighted by atomic mass is 9.88. The van der Waals surface area contributed by atoms with Gasteiger partial charge in [0.15, 0.2) is 11.9 Å². The standard InChI is InChI=1S/C20H26N4O4.C2HF3O2/c1-14(2)12-22-17(25)16-13-24-10-7-21-19(24)20(28-16)5-8-23(9-6-20)18(26)15-4-3-11-27-15;3-2(4,5)1(6)7/h3-4,7,10-11,14,16H,5-6,8-9,12-13H2,1-2H3,(H,22,25);(H,6,7). The van der Waals surface area contributed by atoms with Gasteiger partial charge < -0.3 is 29.0 Å². The van der Waals surface area contributed by atoms with Gasteiger partial charge in [0, 0.05) is 44.9 Å². The highest BCUT2D eigenvalue weighted by molar-refractivity contribution is 5.91. The number of halogens is 3. The number of furan rings is 1. The van der Waals surface area contributed by atoms with Crippen LogP contribution < -0.4 is 5.32 Å². The minimum absolute atomic E-state index is 0.0958. The van der Waals surface area contributed by atoms with E-state index in [0.29, 0.717) is 50.7 Å². The number of nitrogens with one attached hydrogen (secondary N) is 1. The average molecular weight is 500 g/mol. The quantitative estimate of drug-likeness (QED) is 0.660. The van der Waals surface area contributed by atoms with Crippen molar-refractivity contribution in [3.63, 3.8) is 0 Å². The summed E-state index contributed by atoms with van der Waals surface area (Å²) in [6.07, 6.45) is 0.667. The molecule has 1 saturated heterocycles. The molecular weight excluding hydrogens is 473 g/mol. The molecule has 192 valence electrons. The molecule has 10 nitrogen and oxygen atoms in total. The molecule has 1 fully saturated rings. The third kappa shape index (κ3) is 6.21. The zero-order valence-electron chi connectivity index (χ0n) is 19.2. The smallest absolute Gasteiger partial charge is 0.475 e. The maximum absolute atomic E-state index is 12.6. The van der Waals surface area contributed by atoms with Gasteiger partial charge in [-0.3, -0.25) is 9.59 Å². The number of carbonyl (C=O) groups is 3. The predicted octanol–water partition coefficient (Wildman–Crippen LogP) is 2.41. The molecular formula is C22H27F3N4O6. The minimum Gasteiger partial charge on any atom is -0.475 e. The van der Waals surface area contributed by atoms with E-state index in [1.54, 1.807) is 23.2 Å². The molecule has 1 spiro atoms. The Balaban J connectivity index is 0.000000429. The lowest BCUT2D eigenvalue weighted by molar-refractivity contribution is -0.192. The molecule has 0 bridgehead atoms. The van der Waals surface area contributed by atoms with Crippen LogP contribution in [0.5, 0.6) is 0 Å². The summed E-state index contributed by atoms with van der Waals surface area (Å²) in [6, 6.07) is 3.38. The van der Waals surface area contributed by atoms with Gasteiger partial charge in [0.25, 0.3) is 11.8 Å². The maximum Gasteiger partial charge on any atom is 0.490 e. The van der Waals surface area contributed by atoms with E-state index in [1.165, 1.54) is 6.26 Å². The molecule has 0 aliphatic carbocycles. The van der Waals surface area contributed by atoms with E-state index in [4.69, 9.17) is 19.1 Å². The topological polar surface area (TPSA) is 127 Å². The Hall–Kier alpha value is -3.35. The number of carbonyl (C=O) groups excluding carboxylic acids is 2. The normalized spacial score (nSPS) is 19.0. The summed E-state index contributed by atoms with van der Waals surface area (Å²) in [7, 11) is 0. The number of piperidine rings is 1. The van der Waals surface area contributed by atoms with E-state index >= 15 is 0 Å². The molecule has 0 saturated carbocycles.